The summed E-state index contributed by atoms with van der Waals surface area (Å²) in [6.45, 7) is 4.34. The van der Waals surface area contributed by atoms with Gasteiger partial charge in [-0.25, -0.2) is 31.9 Å². The maximum Gasteiger partial charge on any atom is 0.410 e. The summed E-state index contributed by atoms with van der Waals surface area (Å²) in [5, 5.41) is 11.0. The predicted octanol–water partition coefficient (Wildman–Crippen LogP) is 1.09. The van der Waals surface area contributed by atoms with Crippen LogP contribution in [0.15, 0.2) is 15.9 Å². The van der Waals surface area contributed by atoms with E-state index in [1.807, 2.05) is 0 Å². The molecular weight excluding hydrogens is 471 g/mol. The predicted molar refractivity (Wildman–Crippen MR) is 107 cm³/mol. The molecule has 0 heterocycles. The number of benzene rings is 1. The van der Waals surface area contributed by atoms with E-state index in [1.165, 1.54) is 7.05 Å². The number of nitrogens with zero attached hydrogens (tertiary/aromatic N) is 1. The van der Waals surface area contributed by atoms with Crippen LogP contribution in [0.2, 0.25) is 10.0 Å². The first-order chi connectivity index (χ1) is 12.8. The fourth-order valence-corrected chi connectivity index (χ4v) is 4.19. The number of carbonyl (C=O) groups excluding carboxylic acids is 2. The minimum Gasteiger partial charge on any atom is -0.444 e. The number of rotatable bonds is 5. The van der Waals surface area contributed by atoms with E-state index in [4.69, 9.17) is 38.2 Å². The van der Waals surface area contributed by atoms with Crippen molar-refractivity contribution in [3.63, 3.8) is 0 Å². The third-order valence-corrected chi connectivity index (χ3v) is 5.95. The number of primary sulfonamides is 2. The summed E-state index contributed by atoms with van der Waals surface area (Å²) in [6.07, 6.45) is -0.812. The Hall–Kier alpha value is -1.64. The number of nitrogens with two attached hydrogens (primary N) is 2. The second-order valence-corrected chi connectivity index (χ2v) is 10.7. The molecule has 0 fully saturated rings. The Morgan fingerprint density at radius 1 is 1.07 bits per heavy atom. The molecule has 11 nitrogen and oxygen atoms in total. The maximum atomic E-state index is 12.3. The van der Waals surface area contributed by atoms with Gasteiger partial charge in [0.05, 0.1) is 15.7 Å². The molecule has 0 atom stereocenters. The first-order valence-electron chi connectivity index (χ1n) is 7.66. The SMILES string of the molecule is CN(CC(=O)Nc1c(S(N)(=O)=O)cc(S(N)(=O)=O)c(Cl)c1Cl)C(=O)OC(C)(C)C. The van der Waals surface area contributed by atoms with Crippen molar-refractivity contribution in [2.24, 2.45) is 10.3 Å². The highest BCUT2D eigenvalue weighted by atomic mass is 35.5. The van der Waals surface area contributed by atoms with Crippen LogP contribution < -0.4 is 15.6 Å². The molecule has 0 unspecified atom stereocenters. The van der Waals surface area contributed by atoms with Crippen LogP contribution in [0, 0.1) is 0 Å². The van der Waals surface area contributed by atoms with Crippen LogP contribution in [0.5, 0.6) is 0 Å². The molecule has 0 aromatic heterocycles. The molecule has 0 radical (unpaired) electrons. The minimum atomic E-state index is -4.55. The molecule has 0 bridgehead atoms. The molecule has 0 aliphatic heterocycles. The number of anilines is 1. The first kappa shape index (κ1) is 25.4. The number of hydrogen-bond donors (Lipinski definition) is 3. The molecule has 5 N–H and O–H groups in total. The third-order valence-electron chi connectivity index (χ3n) is 3.10. The second kappa shape index (κ2) is 8.62. The number of amides is 2. The van der Waals surface area contributed by atoms with Gasteiger partial charge in [-0.3, -0.25) is 4.79 Å². The molecule has 1 aromatic rings. The van der Waals surface area contributed by atoms with Crippen molar-refractivity contribution < 1.29 is 31.2 Å². The van der Waals surface area contributed by atoms with Gasteiger partial charge in [-0.1, -0.05) is 23.2 Å². The van der Waals surface area contributed by atoms with Gasteiger partial charge < -0.3 is 15.0 Å². The number of likely N-dealkylation sites (N-methyl/N-ethyl adjacent to an activating group) is 1. The summed E-state index contributed by atoms with van der Waals surface area (Å²) in [7, 11) is -7.73. The van der Waals surface area contributed by atoms with Crippen LogP contribution >= 0.6 is 23.2 Å². The zero-order chi connectivity index (χ0) is 22.9. The lowest BCUT2D eigenvalue weighted by Gasteiger charge is -2.24. The minimum absolute atomic E-state index is 0.552. The highest BCUT2D eigenvalue weighted by molar-refractivity contribution is 7.90. The van der Waals surface area contributed by atoms with Crippen molar-refractivity contribution in [1.29, 1.82) is 0 Å². The second-order valence-electron chi connectivity index (χ2n) is 6.85. The normalized spacial score (nSPS) is 12.4. The Bertz CT molecular complexity index is 1050. The average molecular weight is 491 g/mol. The summed E-state index contributed by atoms with van der Waals surface area (Å²) < 4.78 is 52.0. The number of carbonyl (C=O) groups is 2. The number of sulfonamides is 2. The Morgan fingerprint density at radius 3 is 1.97 bits per heavy atom. The summed E-state index contributed by atoms with van der Waals surface area (Å²) in [6, 6.07) is 0.575. The van der Waals surface area contributed by atoms with Crippen LogP contribution in [0.3, 0.4) is 0 Å². The van der Waals surface area contributed by atoms with Crippen molar-refractivity contribution >= 4 is 60.9 Å². The van der Waals surface area contributed by atoms with Crippen LogP contribution in [0.1, 0.15) is 20.8 Å². The maximum absolute atomic E-state index is 12.3. The van der Waals surface area contributed by atoms with E-state index < -0.39 is 69.7 Å². The van der Waals surface area contributed by atoms with Gasteiger partial charge in [-0.15, -0.1) is 0 Å². The number of ether oxygens (including phenoxy) is 1. The molecule has 1 rings (SSSR count). The Kier molecular flexibility index (Phi) is 7.54. The lowest BCUT2D eigenvalue weighted by molar-refractivity contribution is -0.117. The summed E-state index contributed by atoms with van der Waals surface area (Å²) in [5.74, 6) is -0.885. The fraction of sp³-hybridized carbons (Fsp3) is 0.429. The third kappa shape index (κ3) is 6.97. The zero-order valence-electron chi connectivity index (χ0n) is 15.8. The largest absolute Gasteiger partial charge is 0.444 e. The van der Waals surface area contributed by atoms with E-state index in [0.29, 0.717) is 6.07 Å². The standard InChI is InChI=1S/C14H20Cl2N4O7S2/c1-14(2,3)27-13(22)20(4)6-9(21)19-12-8(29(18,25)26)5-7(28(17,23)24)10(15)11(12)16/h5H,6H2,1-4H3,(H,19,21)(H2,17,23,24)(H2,18,25,26). The molecular formula is C14H20Cl2N4O7S2. The van der Waals surface area contributed by atoms with Gasteiger partial charge in [0, 0.05) is 7.05 Å². The van der Waals surface area contributed by atoms with E-state index in [2.05, 4.69) is 5.32 Å². The van der Waals surface area contributed by atoms with Crippen LogP contribution in [0.25, 0.3) is 0 Å². The topological polar surface area (TPSA) is 179 Å². The van der Waals surface area contributed by atoms with Crippen molar-refractivity contribution in [1.82, 2.24) is 4.90 Å². The van der Waals surface area contributed by atoms with Crippen molar-refractivity contribution in [2.45, 2.75) is 36.2 Å². The Balaban J connectivity index is 3.30. The summed E-state index contributed by atoms with van der Waals surface area (Å²) >= 11 is 11.8. The smallest absolute Gasteiger partial charge is 0.410 e. The van der Waals surface area contributed by atoms with E-state index in [0.717, 1.165) is 4.90 Å². The van der Waals surface area contributed by atoms with Crippen molar-refractivity contribution in [3.8, 4) is 0 Å². The highest BCUT2D eigenvalue weighted by Crippen LogP contribution is 2.39. The van der Waals surface area contributed by atoms with Crippen LogP contribution in [-0.4, -0.2) is 52.9 Å². The molecule has 0 aliphatic carbocycles. The van der Waals surface area contributed by atoms with Crippen LogP contribution in [0.4, 0.5) is 10.5 Å². The highest BCUT2D eigenvalue weighted by Gasteiger charge is 2.28. The van der Waals surface area contributed by atoms with Gasteiger partial charge in [0.2, 0.25) is 26.0 Å². The van der Waals surface area contributed by atoms with Gasteiger partial charge >= 0.3 is 6.09 Å². The fourth-order valence-electron chi connectivity index (χ4n) is 1.93. The molecule has 1 aromatic carbocycles. The van der Waals surface area contributed by atoms with Crippen LogP contribution in [-0.2, 0) is 29.6 Å². The number of nitrogens with one attached hydrogen (secondary N) is 1. The summed E-state index contributed by atoms with van der Waals surface area (Å²) in [4.78, 5) is 23.5. The lowest BCUT2D eigenvalue weighted by atomic mass is 10.2. The molecule has 29 heavy (non-hydrogen) atoms. The average Bonchev–Trinajstić information content (AvgIpc) is 2.47. The van der Waals surface area contributed by atoms with E-state index >= 15 is 0 Å². The van der Waals surface area contributed by atoms with E-state index in [1.54, 1.807) is 20.8 Å². The molecule has 0 aliphatic rings. The van der Waals surface area contributed by atoms with Gasteiger partial charge in [-0.05, 0) is 26.8 Å². The van der Waals surface area contributed by atoms with Crippen molar-refractivity contribution in [2.75, 3.05) is 18.9 Å². The first-order valence-corrected chi connectivity index (χ1v) is 11.5. The monoisotopic (exact) mass is 490 g/mol. The molecule has 0 spiro atoms. The number of hydrogen-bond acceptors (Lipinski definition) is 7. The summed E-state index contributed by atoms with van der Waals surface area (Å²) in [5.41, 5.74) is -1.36. The van der Waals surface area contributed by atoms with Gasteiger partial charge in [-0.2, -0.15) is 0 Å². The van der Waals surface area contributed by atoms with Gasteiger partial charge in [0.15, 0.2) is 0 Å². The molecule has 2 amide bonds. The Labute approximate surface area is 178 Å². The van der Waals surface area contributed by atoms with Crippen molar-refractivity contribution in [3.05, 3.63) is 16.1 Å². The Morgan fingerprint density at radius 2 is 1.55 bits per heavy atom. The quantitative estimate of drug-likeness (QED) is 0.551. The van der Waals surface area contributed by atoms with E-state index in [9.17, 15) is 26.4 Å². The van der Waals surface area contributed by atoms with E-state index in [-0.39, 0.29) is 0 Å². The van der Waals surface area contributed by atoms with Gasteiger partial charge in [0.25, 0.3) is 0 Å². The lowest BCUT2D eigenvalue weighted by Crippen LogP contribution is -2.39. The molecule has 0 saturated heterocycles. The molecule has 15 heteroatoms. The molecule has 164 valence electrons. The molecule has 0 saturated carbocycles. The number of halogens is 2. The van der Waals surface area contributed by atoms with Gasteiger partial charge in [0.1, 0.15) is 21.9 Å². The zero-order valence-corrected chi connectivity index (χ0v) is 19.0.